The second kappa shape index (κ2) is 4.64. The Morgan fingerprint density at radius 1 is 1.15 bits per heavy atom. The smallest absolute Gasteiger partial charge is 0.372 e. The predicted molar refractivity (Wildman–Crippen MR) is 41.1 cm³/mol. The highest BCUT2D eigenvalue weighted by atomic mass is 31.2. The Labute approximate surface area is 75.1 Å². The second-order valence-electron chi connectivity index (χ2n) is 1.94. The molecule has 0 aliphatic rings. The van der Waals surface area contributed by atoms with Crippen LogP contribution in [0.3, 0.4) is 0 Å². The fourth-order valence-corrected chi connectivity index (χ4v) is 3.41. The molecule has 0 aromatic carbocycles. The fourth-order valence-electron chi connectivity index (χ4n) is 0.509. The molecule has 2 unspecified atom stereocenters. The minimum atomic E-state index is -4.85. The summed E-state index contributed by atoms with van der Waals surface area (Å²) in [5.41, 5.74) is -2.81. The van der Waals surface area contributed by atoms with Crippen LogP contribution in [0.5, 0.6) is 0 Å². The van der Waals surface area contributed by atoms with E-state index in [2.05, 4.69) is 13.6 Å². The third-order valence-electron chi connectivity index (χ3n) is 1.29. The molecule has 0 aliphatic heterocycles. The molecule has 2 atom stereocenters. The van der Waals surface area contributed by atoms with E-state index >= 15 is 0 Å². The third-order valence-corrected chi connectivity index (χ3v) is 5.55. The summed E-state index contributed by atoms with van der Waals surface area (Å²) in [4.78, 5) is 10.8. The Hall–Kier alpha value is 0.230. The van der Waals surface area contributed by atoms with E-state index in [0.29, 0.717) is 0 Å². The highest BCUT2D eigenvalue weighted by Gasteiger charge is 2.42. The predicted octanol–water partition coefficient (Wildman–Crippen LogP) is 0.925. The molecule has 13 heavy (non-hydrogen) atoms. The highest BCUT2D eigenvalue weighted by Crippen LogP contribution is 2.65. The molecule has 0 N–H and O–H groups in total. The molecule has 0 aromatic heterocycles. The van der Waals surface area contributed by atoms with Crippen LogP contribution in [0.15, 0.2) is 0 Å². The van der Waals surface area contributed by atoms with Gasteiger partial charge in [0.2, 0.25) is 0 Å². The lowest BCUT2D eigenvalue weighted by molar-refractivity contribution is -0.200. The number of hydrogen-bond acceptors (Lipinski definition) is 6. The van der Waals surface area contributed by atoms with Gasteiger partial charge in [0.05, 0.1) is 0 Å². The fraction of sp³-hybridized carbons (Fsp3) is 1.00. The van der Waals surface area contributed by atoms with Gasteiger partial charge >= 0.3 is 7.60 Å². The Morgan fingerprint density at radius 3 is 1.77 bits per heavy atom. The topological polar surface area (TPSA) is 84.9 Å². The summed E-state index contributed by atoms with van der Waals surface area (Å²) in [6, 6.07) is 0. The zero-order valence-corrected chi connectivity index (χ0v) is 9.09. The molecular weight excluding hydrogens is 225 g/mol. The minimum Gasteiger partial charge on any atom is -0.776 e. The van der Waals surface area contributed by atoms with E-state index in [1.165, 1.54) is 0 Å². The maximum atomic E-state index is 13.0. The first-order valence-corrected chi connectivity index (χ1v) is 6.28. The van der Waals surface area contributed by atoms with Gasteiger partial charge in [0.1, 0.15) is 0 Å². The third kappa shape index (κ3) is 2.84. The SMILES string of the molecule is COP(=O)([O-])C(F)P(=O)(OC)OC. The highest BCUT2D eigenvalue weighted by molar-refractivity contribution is 7.71. The van der Waals surface area contributed by atoms with Gasteiger partial charge in [-0.3, -0.25) is 4.57 Å². The van der Waals surface area contributed by atoms with Crippen molar-refractivity contribution in [2.45, 2.75) is 5.65 Å². The standard InChI is InChI=1S/C4H11FO6P2/c1-9-12(6,7)4(5)13(8,10-2)11-3/h4H,1-3H3,(H,6,7)/p-1. The second-order valence-corrected chi connectivity index (χ2v) is 6.51. The van der Waals surface area contributed by atoms with Gasteiger partial charge in [-0.2, -0.15) is 0 Å². The molecule has 0 amide bonds. The number of hydrogen-bond donors (Lipinski definition) is 0. The molecule has 0 saturated heterocycles. The Bertz CT molecular complexity index is 247. The minimum absolute atomic E-state index is 0.760. The first kappa shape index (κ1) is 13.2. The van der Waals surface area contributed by atoms with E-state index in [9.17, 15) is 18.4 Å². The van der Waals surface area contributed by atoms with Crippen LogP contribution in [-0.2, 0) is 22.7 Å². The lowest BCUT2D eigenvalue weighted by atomic mass is 11.7. The molecule has 0 radical (unpaired) electrons. The first-order chi connectivity index (χ1) is 5.84. The Balaban J connectivity index is 4.87. The van der Waals surface area contributed by atoms with E-state index in [4.69, 9.17) is 0 Å². The van der Waals surface area contributed by atoms with Crippen LogP contribution >= 0.6 is 15.2 Å². The van der Waals surface area contributed by atoms with Crippen molar-refractivity contribution >= 4 is 15.2 Å². The van der Waals surface area contributed by atoms with Gasteiger partial charge in [-0.25, -0.2) is 4.39 Å². The summed E-state index contributed by atoms with van der Waals surface area (Å²) in [7, 11) is -6.60. The van der Waals surface area contributed by atoms with Crippen molar-refractivity contribution in [1.29, 1.82) is 0 Å². The van der Waals surface area contributed by atoms with Crippen LogP contribution < -0.4 is 4.89 Å². The molecule has 0 spiro atoms. The van der Waals surface area contributed by atoms with Gasteiger partial charge in [0.15, 0.2) is 7.60 Å². The van der Waals surface area contributed by atoms with Crippen molar-refractivity contribution < 1.29 is 32.0 Å². The lowest BCUT2D eigenvalue weighted by Gasteiger charge is -2.28. The average Bonchev–Trinajstić information content (AvgIpc) is 2.15. The van der Waals surface area contributed by atoms with Crippen LogP contribution in [-0.4, -0.2) is 27.0 Å². The lowest BCUT2D eigenvalue weighted by Crippen LogP contribution is -2.16. The molecule has 0 aromatic rings. The van der Waals surface area contributed by atoms with Crippen molar-refractivity contribution in [3.05, 3.63) is 0 Å². The van der Waals surface area contributed by atoms with Gasteiger partial charge < -0.3 is 23.0 Å². The van der Waals surface area contributed by atoms with E-state index in [0.717, 1.165) is 21.3 Å². The average molecular weight is 235 g/mol. The van der Waals surface area contributed by atoms with Gasteiger partial charge in [0, 0.05) is 21.3 Å². The monoisotopic (exact) mass is 235 g/mol. The molecular formula is C4H10FO6P2-. The molecule has 9 heteroatoms. The summed E-state index contributed by atoms with van der Waals surface area (Å²) >= 11 is 0. The molecule has 0 rings (SSSR count). The number of halogens is 1. The van der Waals surface area contributed by atoms with Crippen LogP contribution in [0.2, 0.25) is 0 Å². The van der Waals surface area contributed by atoms with Crippen LogP contribution in [0, 0.1) is 0 Å². The molecule has 0 saturated carbocycles. The molecule has 0 fully saturated rings. The number of alkyl halides is 1. The Kier molecular flexibility index (Phi) is 4.72. The summed E-state index contributed by atoms with van der Waals surface area (Å²) in [6.07, 6.45) is 0. The summed E-state index contributed by atoms with van der Waals surface area (Å²) < 4.78 is 47.1. The van der Waals surface area contributed by atoms with Gasteiger partial charge in [-0.1, -0.05) is 0 Å². The van der Waals surface area contributed by atoms with Gasteiger partial charge in [-0.15, -0.1) is 0 Å². The maximum Gasteiger partial charge on any atom is 0.372 e. The van der Waals surface area contributed by atoms with Crippen molar-refractivity contribution in [3.8, 4) is 0 Å². The normalized spacial score (nSPS) is 19.5. The van der Waals surface area contributed by atoms with Crippen molar-refractivity contribution in [2.75, 3.05) is 21.3 Å². The first-order valence-electron chi connectivity index (χ1n) is 3.05. The van der Waals surface area contributed by atoms with E-state index in [-0.39, 0.29) is 0 Å². The Morgan fingerprint density at radius 2 is 1.54 bits per heavy atom. The van der Waals surface area contributed by atoms with Crippen LogP contribution in [0.25, 0.3) is 0 Å². The van der Waals surface area contributed by atoms with Crippen LogP contribution in [0.4, 0.5) is 4.39 Å². The summed E-state index contributed by atoms with van der Waals surface area (Å²) in [5, 5.41) is 0. The molecule has 80 valence electrons. The van der Waals surface area contributed by atoms with Crippen LogP contribution in [0.1, 0.15) is 0 Å². The largest absolute Gasteiger partial charge is 0.776 e. The van der Waals surface area contributed by atoms with Crippen molar-refractivity contribution in [3.63, 3.8) is 0 Å². The molecule has 0 heterocycles. The van der Waals surface area contributed by atoms with Gasteiger partial charge in [-0.05, 0) is 0 Å². The number of rotatable bonds is 5. The molecule has 0 bridgehead atoms. The summed E-state index contributed by atoms with van der Waals surface area (Å²) in [5.74, 6) is 0. The molecule has 6 nitrogen and oxygen atoms in total. The zero-order valence-electron chi connectivity index (χ0n) is 7.30. The molecule has 0 aliphatic carbocycles. The van der Waals surface area contributed by atoms with Gasteiger partial charge in [0.25, 0.3) is 5.65 Å². The van der Waals surface area contributed by atoms with E-state index < -0.39 is 20.8 Å². The summed E-state index contributed by atoms with van der Waals surface area (Å²) in [6.45, 7) is 0. The van der Waals surface area contributed by atoms with E-state index in [1.807, 2.05) is 0 Å². The van der Waals surface area contributed by atoms with Crippen molar-refractivity contribution in [2.24, 2.45) is 0 Å². The zero-order chi connectivity index (χ0) is 10.7. The van der Waals surface area contributed by atoms with E-state index in [1.54, 1.807) is 0 Å². The van der Waals surface area contributed by atoms with Crippen molar-refractivity contribution in [1.82, 2.24) is 0 Å². The maximum absolute atomic E-state index is 13.0. The quantitative estimate of drug-likeness (QED) is 0.658.